The molecule has 0 amide bonds. The Bertz CT molecular complexity index is 302. The molecule has 1 aromatic carbocycles. The van der Waals surface area contributed by atoms with Crippen LogP contribution in [0, 0.1) is 6.92 Å². The second-order valence-corrected chi connectivity index (χ2v) is 3.30. The summed E-state index contributed by atoms with van der Waals surface area (Å²) < 4.78 is 5.57. The normalized spacial score (nSPS) is 14.2. The molecule has 0 bridgehead atoms. The predicted octanol–water partition coefficient (Wildman–Crippen LogP) is 2.49. The Morgan fingerprint density at radius 1 is 1.42 bits per heavy atom. The fourth-order valence-electron chi connectivity index (χ4n) is 1.85. The highest BCUT2D eigenvalue weighted by molar-refractivity contribution is 5.48. The lowest BCUT2D eigenvalue weighted by atomic mass is 10.0. The minimum absolute atomic E-state index is 0.868. The van der Waals surface area contributed by atoms with Crippen LogP contribution in [0.3, 0.4) is 0 Å². The highest BCUT2D eigenvalue weighted by atomic mass is 16.5. The molecule has 0 radical (unpaired) electrons. The van der Waals surface area contributed by atoms with Crippen molar-refractivity contribution in [1.29, 1.82) is 0 Å². The summed E-state index contributed by atoms with van der Waals surface area (Å²) in [6.45, 7) is 5.18. The monoisotopic (exact) mass is 162 g/mol. The van der Waals surface area contributed by atoms with Gasteiger partial charge in [0.2, 0.25) is 0 Å². The number of fused-ring (bicyclic) bond motifs is 1. The van der Waals surface area contributed by atoms with Crippen molar-refractivity contribution in [3.8, 4) is 5.75 Å². The van der Waals surface area contributed by atoms with Crippen LogP contribution in [0.15, 0.2) is 12.1 Å². The molecule has 0 spiro atoms. The van der Waals surface area contributed by atoms with E-state index in [-0.39, 0.29) is 0 Å². The molecule has 1 aliphatic heterocycles. The fraction of sp³-hybridized carbons (Fsp3) is 0.455. The van der Waals surface area contributed by atoms with Crippen molar-refractivity contribution in [2.24, 2.45) is 0 Å². The third kappa shape index (κ3) is 1.01. The van der Waals surface area contributed by atoms with E-state index in [0.29, 0.717) is 0 Å². The Morgan fingerprint density at radius 2 is 2.25 bits per heavy atom. The maximum atomic E-state index is 5.57. The first-order chi connectivity index (χ1) is 5.83. The van der Waals surface area contributed by atoms with Crippen LogP contribution in [0.4, 0.5) is 0 Å². The van der Waals surface area contributed by atoms with E-state index in [9.17, 15) is 0 Å². The molecule has 1 heterocycles. The number of ether oxygens (including phenoxy) is 1. The highest BCUT2D eigenvalue weighted by Gasteiger charge is 2.16. The van der Waals surface area contributed by atoms with Crippen LogP contribution in [0.5, 0.6) is 5.75 Å². The molecule has 0 aliphatic carbocycles. The van der Waals surface area contributed by atoms with Crippen LogP contribution in [-0.2, 0) is 12.8 Å². The summed E-state index contributed by atoms with van der Waals surface area (Å²) >= 11 is 0. The van der Waals surface area contributed by atoms with Gasteiger partial charge in [0.25, 0.3) is 0 Å². The Kier molecular flexibility index (Phi) is 1.80. The number of rotatable bonds is 1. The molecule has 1 aliphatic rings. The summed E-state index contributed by atoms with van der Waals surface area (Å²) in [5.74, 6) is 1.15. The topological polar surface area (TPSA) is 9.23 Å². The SMILES string of the molecule is CCc1ccc(C)c2c1CCO2. The van der Waals surface area contributed by atoms with Crippen molar-refractivity contribution in [1.82, 2.24) is 0 Å². The van der Waals surface area contributed by atoms with Crippen molar-refractivity contribution in [3.63, 3.8) is 0 Å². The zero-order valence-electron chi connectivity index (χ0n) is 7.68. The molecule has 12 heavy (non-hydrogen) atoms. The van der Waals surface area contributed by atoms with Gasteiger partial charge >= 0.3 is 0 Å². The second kappa shape index (κ2) is 2.81. The molecule has 0 fully saturated rings. The fourth-order valence-corrected chi connectivity index (χ4v) is 1.85. The van der Waals surface area contributed by atoms with E-state index in [0.717, 1.165) is 25.2 Å². The van der Waals surface area contributed by atoms with Gasteiger partial charge in [-0.05, 0) is 24.5 Å². The van der Waals surface area contributed by atoms with E-state index >= 15 is 0 Å². The summed E-state index contributed by atoms with van der Waals surface area (Å²) in [6.07, 6.45) is 2.21. The van der Waals surface area contributed by atoms with E-state index in [4.69, 9.17) is 4.74 Å². The van der Waals surface area contributed by atoms with Gasteiger partial charge in [-0.2, -0.15) is 0 Å². The summed E-state index contributed by atoms with van der Waals surface area (Å²) in [4.78, 5) is 0. The first-order valence-corrected chi connectivity index (χ1v) is 4.57. The summed E-state index contributed by atoms with van der Waals surface area (Å²) in [5.41, 5.74) is 4.17. The minimum atomic E-state index is 0.868. The van der Waals surface area contributed by atoms with Gasteiger partial charge in [-0.25, -0.2) is 0 Å². The van der Waals surface area contributed by atoms with Crippen LogP contribution in [0.1, 0.15) is 23.6 Å². The van der Waals surface area contributed by atoms with Gasteiger partial charge in [-0.3, -0.25) is 0 Å². The van der Waals surface area contributed by atoms with Gasteiger partial charge in [-0.1, -0.05) is 19.1 Å². The van der Waals surface area contributed by atoms with Crippen molar-refractivity contribution in [3.05, 3.63) is 28.8 Å². The lowest BCUT2D eigenvalue weighted by Crippen LogP contribution is -1.89. The molecule has 0 unspecified atom stereocenters. The van der Waals surface area contributed by atoms with Crippen LogP contribution in [-0.4, -0.2) is 6.61 Å². The maximum Gasteiger partial charge on any atom is 0.125 e. The molecular formula is C11H14O. The minimum Gasteiger partial charge on any atom is -0.493 e. The number of hydrogen-bond donors (Lipinski definition) is 0. The first kappa shape index (κ1) is 7.66. The molecular weight excluding hydrogens is 148 g/mol. The molecule has 64 valence electrons. The van der Waals surface area contributed by atoms with Crippen LogP contribution in [0.2, 0.25) is 0 Å². The average Bonchev–Trinajstić information content (AvgIpc) is 2.54. The Hall–Kier alpha value is -0.980. The molecule has 0 atom stereocenters. The molecule has 1 heteroatoms. The summed E-state index contributed by atoms with van der Waals surface area (Å²) in [6, 6.07) is 4.38. The number of aryl methyl sites for hydroxylation is 2. The lowest BCUT2D eigenvalue weighted by molar-refractivity contribution is 0.354. The van der Waals surface area contributed by atoms with E-state index in [2.05, 4.69) is 26.0 Å². The van der Waals surface area contributed by atoms with Crippen LogP contribution in [0.25, 0.3) is 0 Å². The maximum absolute atomic E-state index is 5.57. The lowest BCUT2D eigenvalue weighted by Gasteiger charge is -2.06. The highest BCUT2D eigenvalue weighted by Crippen LogP contribution is 2.31. The summed E-state index contributed by atoms with van der Waals surface area (Å²) in [5, 5.41) is 0. The Balaban J connectivity index is 2.57. The third-order valence-corrected chi connectivity index (χ3v) is 2.53. The molecule has 0 N–H and O–H groups in total. The van der Waals surface area contributed by atoms with E-state index < -0.39 is 0 Å². The van der Waals surface area contributed by atoms with Crippen molar-refractivity contribution in [2.75, 3.05) is 6.61 Å². The first-order valence-electron chi connectivity index (χ1n) is 4.57. The number of benzene rings is 1. The van der Waals surface area contributed by atoms with E-state index in [1.165, 1.54) is 16.7 Å². The van der Waals surface area contributed by atoms with Crippen molar-refractivity contribution in [2.45, 2.75) is 26.7 Å². The third-order valence-electron chi connectivity index (χ3n) is 2.53. The quantitative estimate of drug-likeness (QED) is 0.616. The van der Waals surface area contributed by atoms with Gasteiger partial charge in [-0.15, -0.1) is 0 Å². The standard InChI is InChI=1S/C11H14O/c1-3-9-5-4-8(2)11-10(9)6-7-12-11/h4-5H,3,6-7H2,1-2H3. The van der Waals surface area contributed by atoms with E-state index in [1.807, 2.05) is 0 Å². The van der Waals surface area contributed by atoms with Gasteiger partial charge in [0.15, 0.2) is 0 Å². The zero-order valence-corrected chi connectivity index (χ0v) is 7.68. The Labute approximate surface area is 73.4 Å². The van der Waals surface area contributed by atoms with Gasteiger partial charge in [0, 0.05) is 12.0 Å². The van der Waals surface area contributed by atoms with Crippen molar-refractivity contribution >= 4 is 0 Å². The van der Waals surface area contributed by atoms with Gasteiger partial charge < -0.3 is 4.74 Å². The smallest absolute Gasteiger partial charge is 0.125 e. The molecule has 2 rings (SSSR count). The van der Waals surface area contributed by atoms with Gasteiger partial charge in [0.05, 0.1) is 6.61 Å². The van der Waals surface area contributed by atoms with Gasteiger partial charge in [0.1, 0.15) is 5.75 Å². The molecule has 1 aromatic rings. The number of hydrogen-bond acceptors (Lipinski definition) is 1. The molecule has 0 saturated heterocycles. The Morgan fingerprint density at radius 3 is 3.00 bits per heavy atom. The van der Waals surface area contributed by atoms with Crippen LogP contribution < -0.4 is 4.74 Å². The van der Waals surface area contributed by atoms with Crippen LogP contribution >= 0.6 is 0 Å². The molecule has 0 saturated carbocycles. The average molecular weight is 162 g/mol. The molecule has 1 nitrogen and oxygen atoms in total. The summed E-state index contributed by atoms with van der Waals surface area (Å²) in [7, 11) is 0. The largest absolute Gasteiger partial charge is 0.493 e. The molecule has 0 aromatic heterocycles. The van der Waals surface area contributed by atoms with E-state index in [1.54, 1.807) is 0 Å². The zero-order chi connectivity index (χ0) is 8.55. The van der Waals surface area contributed by atoms with Crippen molar-refractivity contribution < 1.29 is 4.74 Å². The second-order valence-electron chi connectivity index (χ2n) is 3.30. The predicted molar refractivity (Wildman–Crippen MR) is 49.8 cm³/mol.